The molecule has 0 fully saturated rings. The molecule has 9 heteroatoms. The number of nitrogens with two attached hydrogens (primary N) is 2. The molecular formula is C18H16FN7O. The van der Waals surface area contributed by atoms with Crippen LogP contribution < -0.4 is 11.5 Å². The largest absolute Gasteiger partial charge is 0.394 e. The molecule has 3 heterocycles. The zero-order valence-electron chi connectivity index (χ0n) is 14.2. The van der Waals surface area contributed by atoms with Crippen LogP contribution >= 0.6 is 0 Å². The fourth-order valence-corrected chi connectivity index (χ4v) is 2.71. The van der Waals surface area contributed by atoms with Crippen LogP contribution in [0.3, 0.4) is 0 Å². The van der Waals surface area contributed by atoms with E-state index in [0.717, 1.165) is 0 Å². The second kappa shape index (κ2) is 6.87. The Bertz CT molecular complexity index is 1080. The van der Waals surface area contributed by atoms with Crippen molar-refractivity contribution in [3.8, 4) is 11.4 Å². The van der Waals surface area contributed by atoms with Crippen LogP contribution in [0, 0.1) is 5.82 Å². The molecule has 0 aliphatic rings. The molecule has 4 N–H and O–H groups in total. The SMILES string of the molecule is Nc1cnc(Cc2cc(-c3ccon3)n(Cc3ccccc3F)n2)nc1N. The zero-order valence-corrected chi connectivity index (χ0v) is 14.2. The van der Waals surface area contributed by atoms with Crippen molar-refractivity contribution in [2.24, 2.45) is 0 Å². The molecule has 8 nitrogen and oxygen atoms in total. The molecule has 0 atom stereocenters. The van der Waals surface area contributed by atoms with E-state index in [0.29, 0.717) is 40.6 Å². The molecule has 0 saturated carbocycles. The van der Waals surface area contributed by atoms with Gasteiger partial charge in [-0.3, -0.25) is 4.68 Å². The summed E-state index contributed by atoms with van der Waals surface area (Å²) in [7, 11) is 0. The van der Waals surface area contributed by atoms with Gasteiger partial charge in [0.2, 0.25) is 0 Å². The molecule has 0 radical (unpaired) electrons. The Hall–Kier alpha value is -3.75. The molecule has 0 spiro atoms. The van der Waals surface area contributed by atoms with Crippen molar-refractivity contribution in [2.75, 3.05) is 11.5 Å². The normalized spacial score (nSPS) is 11.0. The third-order valence-electron chi connectivity index (χ3n) is 4.05. The Morgan fingerprint density at radius 1 is 1.15 bits per heavy atom. The maximum Gasteiger partial charge on any atom is 0.150 e. The minimum Gasteiger partial charge on any atom is -0.394 e. The van der Waals surface area contributed by atoms with Crippen molar-refractivity contribution in [1.82, 2.24) is 24.9 Å². The molecule has 0 bridgehead atoms. The summed E-state index contributed by atoms with van der Waals surface area (Å²) < 4.78 is 20.7. The van der Waals surface area contributed by atoms with Gasteiger partial charge in [0.25, 0.3) is 0 Å². The first-order chi connectivity index (χ1) is 13.1. The number of anilines is 2. The molecule has 4 rings (SSSR count). The molecule has 0 aliphatic heterocycles. The Morgan fingerprint density at radius 2 is 2.00 bits per heavy atom. The number of nitrogens with zero attached hydrogens (tertiary/aromatic N) is 5. The first-order valence-corrected chi connectivity index (χ1v) is 8.18. The lowest BCUT2D eigenvalue weighted by atomic mass is 10.2. The molecule has 0 unspecified atom stereocenters. The van der Waals surface area contributed by atoms with Gasteiger partial charge in [-0.2, -0.15) is 5.10 Å². The number of benzene rings is 1. The van der Waals surface area contributed by atoms with Crippen molar-refractivity contribution in [1.29, 1.82) is 0 Å². The van der Waals surface area contributed by atoms with E-state index in [1.807, 2.05) is 6.07 Å². The molecule has 0 saturated heterocycles. The number of rotatable bonds is 5. The number of hydrogen-bond donors (Lipinski definition) is 2. The topological polar surface area (TPSA) is 122 Å². The van der Waals surface area contributed by atoms with Crippen LogP contribution in [0.2, 0.25) is 0 Å². The number of halogens is 1. The smallest absolute Gasteiger partial charge is 0.150 e. The second-order valence-corrected chi connectivity index (χ2v) is 5.96. The van der Waals surface area contributed by atoms with Gasteiger partial charge >= 0.3 is 0 Å². The first-order valence-electron chi connectivity index (χ1n) is 8.18. The fraction of sp³-hybridized carbons (Fsp3) is 0.111. The number of aromatic nitrogens is 5. The third-order valence-corrected chi connectivity index (χ3v) is 4.05. The van der Waals surface area contributed by atoms with Gasteiger partial charge in [0.05, 0.1) is 36.2 Å². The Morgan fingerprint density at radius 3 is 2.74 bits per heavy atom. The summed E-state index contributed by atoms with van der Waals surface area (Å²) in [6.45, 7) is 0.250. The molecule has 0 aliphatic carbocycles. The predicted molar refractivity (Wildman–Crippen MR) is 96.9 cm³/mol. The van der Waals surface area contributed by atoms with Gasteiger partial charge < -0.3 is 16.0 Å². The van der Waals surface area contributed by atoms with E-state index < -0.39 is 0 Å². The zero-order chi connectivity index (χ0) is 18.8. The van der Waals surface area contributed by atoms with Crippen LogP contribution in [0.1, 0.15) is 17.1 Å². The molecule has 1 aromatic carbocycles. The highest BCUT2D eigenvalue weighted by Crippen LogP contribution is 2.22. The van der Waals surface area contributed by atoms with Crippen molar-refractivity contribution in [3.63, 3.8) is 0 Å². The van der Waals surface area contributed by atoms with Gasteiger partial charge in [0.1, 0.15) is 29.4 Å². The van der Waals surface area contributed by atoms with Crippen LogP contribution in [-0.4, -0.2) is 24.9 Å². The summed E-state index contributed by atoms with van der Waals surface area (Å²) in [6, 6.07) is 10.1. The monoisotopic (exact) mass is 365 g/mol. The van der Waals surface area contributed by atoms with Crippen LogP contribution in [0.25, 0.3) is 11.4 Å². The van der Waals surface area contributed by atoms with Crippen molar-refractivity contribution in [2.45, 2.75) is 13.0 Å². The summed E-state index contributed by atoms with van der Waals surface area (Å²) >= 11 is 0. The predicted octanol–water partition coefficient (Wildman–Crippen LogP) is 2.27. The molecule has 4 aromatic rings. The number of hydrogen-bond acceptors (Lipinski definition) is 7. The van der Waals surface area contributed by atoms with E-state index >= 15 is 0 Å². The molecule has 27 heavy (non-hydrogen) atoms. The van der Waals surface area contributed by atoms with Gasteiger partial charge in [-0.15, -0.1) is 0 Å². The van der Waals surface area contributed by atoms with Gasteiger partial charge in [-0.25, -0.2) is 14.4 Å². The van der Waals surface area contributed by atoms with E-state index in [2.05, 4.69) is 20.2 Å². The minimum atomic E-state index is -0.296. The van der Waals surface area contributed by atoms with Crippen molar-refractivity contribution in [3.05, 3.63) is 71.8 Å². The summed E-state index contributed by atoms with van der Waals surface area (Å²) in [5.74, 6) is 0.418. The highest BCUT2D eigenvalue weighted by Gasteiger charge is 2.15. The average Bonchev–Trinajstić information content (AvgIpc) is 3.30. The minimum absolute atomic E-state index is 0.225. The van der Waals surface area contributed by atoms with Gasteiger partial charge in [-0.05, 0) is 12.1 Å². The lowest BCUT2D eigenvalue weighted by Crippen LogP contribution is -2.07. The summed E-state index contributed by atoms with van der Waals surface area (Å²) in [5, 5.41) is 8.53. The van der Waals surface area contributed by atoms with Crippen LogP contribution in [-0.2, 0) is 13.0 Å². The van der Waals surface area contributed by atoms with Gasteiger partial charge in [0.15, 0.2) is 0 Å². The molecule has 136 valence electrons. The maximum atomic E-state index is 14.1. The summed E-state index contributed by atoms with van der Waals surface area (Å²) in [5.41, 5.74) is 14.2. The summed E-state index contributed by atoms with van der Waals surface area (Å²) in [4.78, 5) is 8.34. The highest BCUT2D eigenvalue weighted by molar-refractivity contribution is 5.56. The molecule has 0 amide bonds. The third kappa shape index (κ3) is 3.47. The van der Waals surface area contributed by atoms with Crippen LogP contribution in [0.4, 0.5) is 15.9 Å². The molecule has 3 aromatic heterocycles. The lowest BCUT2D eigenvalue weighted by Gasteiger charge is -2.06. The van der Waals surface area contributed by atoms with Crippen LogP contribution in [0.5, 0.6) is 0 Å². The van der Waals surface area contributed by atoms with Crippen LogP contribution in [0.15, 0.2) is 53.4 Å². The quantitative estimate of drug-likeness (QED) is 0.556. The second-order valence-electron chi connectivity index (χ2n) is 5.96. The first kappa shape index (κ1) is 16.7. The van der Waals surface area contributed by atoms with Crippen molar-refractivity contribution < 1.29 is 8.91 Å². The Labute approximate surface area is 153 Å². The number of nitrogen functional groups attached to an aromatic ring is 2. The summed E-state index contributed by atoms with van der Waals surface area (Å²) in [6.07, 6.45) is 3.28. The lowest BCUT2D eigenvalue weighted by molar-refractivity contribution is 0.421. The van der Waals surface area contributed by atoms with E-state index in [1.54, 1.807) is 28.9 Å². The van der Waals surface area contributed by atoms with E-state index in [1.165, 1.54) is 18.5 Å². The van der Waals surface area contributed by atoms with Crippen molar-refractivity contribution >= 4 is 11.5 Å². The Balaban J connectivity index is 1.69. The standard InChI is InChI=1S/C18H16FN7O/c19-13-4-2-1-3-11(13)10-26-16(15-5-6-27-25-15)7-12(24-26)8-17-22-9-14(20)18(21)23-17/h1-7,9H,8,10,20H2,(H2,21,22,23). The van der Waals surface area contributed by atoms with E-state index in [9.17, 15) is 4.39 Å². The van der Waals surface area contributed by atoms with Gasteiger partial charge in [-0.1, -0.05) is 23.4 Å². The fourth-order valence-electron chi connectivity index (χ4n) is 2.71. The molecular weight excluding hydrogens is 349 g/mol. The Kier molecular flexibility index (Phi) is 4.25. The average molecular weight is 365 g/mol. The van der Waals surface area contributed by atoms with E-state index in [4.69, 9.17) is 16.0 Å². The highest BCUT2D eigenvalue weighted by atomic mass is 19.1. The maximum absolute atomic E-state index is 14.1. The van der Waals surface area contributed by atoms with E-state index in [-0.39, 0.29) is 18.2 Å². The van der Waals surface area contributed by atoms with Gasteiger partial charge in [0, 0.05) is 11.6 Å².